The molecule has 0 saturated carbocycles. The standard InChI is InChI=1S/C14H26O3/c1-3-4-5-6-7-8-10-13(15)11-9-12-14(16)17-2/h9,12-13,15H,3-8,10-11H2,1-2H3/b12-9+/t13-/m0/s1. The zero-order chi connectivity index (χ0) is 12.9. The van der Waals surface area contributed by atoms with E-state index in [0.29, 0.717) is 6.42 Å². The number of ether oxygens (including phenoxy) is 1. The van der Waals surface area contributed by atoms with Crippen LogP contribution in [0.1, 0.15) is 58.3 Å². The van der Waals surface area contributed by atoms with E-state index in [2.05, 4.69) is 11.7 Å². The van der Waals surface area contributed by atoms with Gasteiger partial charge in [-0.25, -0.2) is 4.79 Å². The van der Waals surface area contributed by atoms with E-state index in [0.717, 1.165) is 12.8 Å². The second kappa shape index (κ2) is 11.6. The van der Waals surface area contributed by atoms with Crippen LogP contribution in [0.15, 0.2) is 12.2 Å². The van der Waals surface area contributed by atoms with Crippen molar-refractivity contribution >= 4 is 5.97 Å². The summed E-state index contributed by atoms with van der Waals surface area (Å²) in [5.74, 6) is -0.364. The molecule has 0 amide bonds. The molecular formula is C14H26O3. The van der Waals surface area contributed by atoms with Crippen LogP contribution in [0.2, 0.25) is 0 Å². The number of carbonyl (C=O) groups excluding carboxylic acids is 1. The molecule has 0 spiro atoms. The van der Waals surface area contributed by atoms with E-state index >= 15 is 0 Å². The van der Waals surface area contributed by atoms with Gasteiger partial charge in [0.25, 0.3) is 0 Å². The van der Waals surface area contributed by atoms with Crippen LogP contribution in [-0.4, -0.2) is 24.3 Å². The number of methoxy groups -OCH3 is 1. The lowest BCUT2D eigenvalue weighted by atomic mass is 10.1. The van der Waals surface area contributed by atoms with Gasteiger partial charge in [-0.05, 0) is 12.8 Å². The second-order valence-electron chi connectivity index (χ2n) is 4.37. The summed E-state index contributed by atoms with van der Waals surface area (Å²) in [6.45, 7) is 2.21. The molecule has 0 heterocycles. The molecule has 0 bridgehead atoms. The number of unbranched alkanes of at least 4 members (excludes halogenated alkanes) is 5. The summed E-state index contributed by atoms with van der Waals surface area (Å²) in [6.07, 6.45) is 11.5. The number of hydrogen-bond donors (Lipinski definition) is 1. The maximum absolute atomic E-state index is 10.8. The van der Waals surface area contributed by atoms with Crippen molar-refractivity contribution < 1.29 is 14.6 Å². The monoisotopic (exact) mass is 242 g/mol. The molecular weight excluding hydrogens is 216 g/mol. The first-order chi connectivity index (χ1) is 8.20. The number of hydrogen-bond acceptors (Lipinski definition) is 3. The van der Waals surface area contributed by atoms with Gasteiger partial charge in [0, 0.05) is 6.08 Å². The van der Waals surface area contributed by atoms with Gasteiger partial charge >= 0.3 is 5.97 Å². The molecule has 0 aliphatic rings. The highest BCUT2D eigenvalue weighted by molar-refractivity contribution is 5.81. The van der Waals surface area contributed by atoms with Gasteiger partial charge in [-0.2, -0.15) is 0 Å². The Morgan fingerprint density at radius 3 is 2.53 bits per heavy atom. The van der Waals surface area contributed by atoms with E-state index in [4.69, 9.17) is 0 Å². The Morgan fingerprint density at radius 2 is 1.88 bits per heavy atom. The number of rotatable bonds is 10. The topological polar surface area (TPSA) is 46.5 Å². The van der Waals surface area contributed by atoms with Gasteiger partial charge in [0.05, 0.1) is 13.2 Å². The van der Waals surface area contributed by atoms with E-state index in [1.165, 1.54) is 45.3 Å². The second-order valence-corrected chi connectivity index (χ2v) is 4.37. The smallest absolute Gasteiger partial charge is 0.330 e. The molecule has 0 saturated heterocycles. The normalized spacial score (nSPS) is 12.9. The molecule has 0 unspecified atom stereocenters. The number of carbonyl (C=O) groups is 1. The lowest BCUT2D eigenvalue weighted by Gasteiger charge is -2.07. The van der Waals surface area contributed by atoms with Gasteiger partial charge in [0.1, 0.15) is 0 Å². The molecule has 0 aliphatic heterocycles. The van der Waals surface area contributed by atoms with E-state index in [-0.39, 0.29) is 12.1 Å². The molecule has 3 nitrogen and oxygen atoms in total. The summed E-state index contributed by atoms with van der Waals surface area (Å²) in [5.41, 5.74) is 0. The Kier molecular flexibility index (Phi) is 11.1. The molecule has 0 radical (unpaired) electrons. The fourth-order valence-corrected chi connectivity index (χ4v) is 1.67. The minimum atomic E-state index is -0.364. The van der Waals surface area contributed by atoms with Gasteiger partial charge in [0.2, 0.25) is 0 Å². The Morgan fingerprint density at radius 1 is 1.24 bits per heavy atom. The van der Waals surface area contributed by atoms with Crippen molar-refractivity contribution in [3.05, 3.63) is 12.2 Å². The molecule has 0 aromatic rings. The van der Waals surface area contributed by atoms with Crippen LogP contribution in [0.5, 0.6) is 0 Å². The van der Waals surface area contributed by atoms with Gasteiger partial charge in [-0.1, -0.05) is 51.5 Å². The molecule has 1 atom stereocenters. The van der Waals surface area contributed by atoms with Crippen LogP contribution >= 0.6 is 0 Å². The average molecular weight is 242 g/mol. The van der Waals surface area contributed by atoms with Gasteiger partial charge in [-0.3, -0.25) is 0 Å². The van der Waals surface area contributed by atoms with Crippen molar-refractivity contribution in [1.82, 2.24) is 0 Å². The quantitative estimate of drug-likeness (QED) is 0.363. The molecule has 0 aromatic carbocycles. The molecule has 0 aliphatic carbocycles. The number of aliphatic hydroxyl groups excluding tert-OH is 1. The predicted octanol–water partition coefficient (Wildman–Crippen LogP) is 3.22. The van der Waals surface area contributed by atoms with Crippen LogP contribution in [0.25, 0.3) is 0 Å². The average Bonchev–Trinajstić information content (AvgIpc) is 2.33. The van der Waals surface area contributed by atoms with Crippen LogP contribution < -0.4 is 0 Å². The molecule has 3 heteroatoms. The lowest BCUT2D eigenvalue weighted by Crippen LogP contribution is -2.05. The van der Waals surface area contributed by atoms with Crippen molar-refractivity contribution in [1.29, 1.82) is 0 Å². The van der Waals surface area contributed by atoms with E-state index in [1.54, 1.807) is 6.08 Å². The van der Waals surface area contributed by atoms with E-state index < -0.39 is 0 Å². The predicted molar refractivity (Wildman–Crippen MR) is 69.8 cm³/mol. The molecule has 0 fully saturated rings. The Balaban J connectivity index is 3.37. The minimum Gasteiger partial charge on any atom is -0.466 e. The fourth-order valence-electron chi connectivity index (χ4n) is 1.67. The summed E-state index contributed by atoms with van der Waals surface area (Å²) < 4.78 is 4.46. The minimum absolute atomic E-state index is 0.331. The van der Waals surface area contributed by atoms with E-state index in [1.807, 2.05) is 0 Å². The largest absolute Gasteiger partial charge is 0.466 e. The summed E-state index contributed by atoms with van der Waals surface area (Å²) in [4.78, 5) is 10.8. The van der Waals surface area contributed by atoms with Crippen molar-refractivity contribution in [2.45, 2.75) is 64.4 Å². The summed E-state index contributed by atoms with van der Waals surface area (Å²) in [7, 11) is 1.35. The lowest BCUT2D eigenvalue weighted by molar-refractivity contribution is -0.134. The van der Waals surface area contributed by atoms with Gasteiger partial charge in [-0.15, -0.1) is 0 Å². The van der Waals surface area contributed by atoms with Gasteiger partial charge in [0.15, 0.2) is 0 Å². The summed E-state index contributed by atoms with van der Waals surface area (Å²) in [5, 5.41) is 9.63. The van der Waals surface area contributed by atoms with Crippen LogP contribution in [0.4, 0.5) is 0 Å². The number of aliphatic hydroxyl groups is 1. The first-order valence-electron chi connectivity index (χ1n) is 6.63. The summed E-state index contributed by atoms with van der Waals surface area (Å²) >= 11 is 0. The van der Waals surface area contributed by atoms with Crippen molar-refractivity contribution in [3.8, 4) is 0 Å². The zero-order valence-electron chi connectivity index (χ0n) is 11.2. The third-order valence-corrected chi connectivity index (χ3v) is 2.75. The zero-order valence-corrected chi connectivity index (χ0v) is 11.2. The fraction of sp³-hybridized carbons (Fsp3) is 0.786. The molecule has 0 rings (SSSR count). The Bertz CT molecular complexity index is 212. The number of esters is 1. The van der Waals surface area contributed by atoms with Crippen molar-refractivity contribution in [2.24, 2.45) is 0 Å². The SMILES string of the molecule is CCCCCCCC[C@H](O)C/C=C/C(=O)OC. The van der Waals surface area contributed by atoms with Crippen molar-refractivity contribution in [2.75, 3.05) is 7.11 Å². The molecule has 100 valence electrons. The maximum atomic E-state index is 10.8. The molecule has 0 aromatic heterocycles. The van der Waals surface area contributed by atoms with Crippen LogP contribution in [0, 0.1) is 0 Å². The first-order valence-corrected chi connectivity index (χ1v) is 6.63. The molecule has 17 heavy (non-hydrogen) atoms. The third-order valence-electron chi connectivity index (χ3n) is 2.75. The van der Waals surface area contributed by atoms with E-state index in [9.17, 15) is 9.90 Å². The highest BCUT2D eigenvalue weighted by Gasteiger charge is 2.01. The van der Waals surface area contributed by atoms with Crippen LogP contribution in [0.3, 0.4) is 0 Å². The van der Waals surface area contributed by atoms with Crippen LogP contribution in [-0.2, 0) is 9.53 Å². The maximum Gasteiger partial charge on any atom is 0.330 e. The summed E-state index contributed by atoms with van der Waals surface area (Å²) in [6, 6.07) is 0. The molecule has 1 N–H and O–H groups in total. The van der Waals surface area contributed by atoms with Crippen molar-refractivity contribution in [3.63, 3.8) is 0 Å². The Hall–Kier alpha value is -0.830. The Labute approximate surface area is 105 Å². The highest BCUT2D eigenvalue weighted by atomic mass is 16.5. The van der Waals surface area contributed by atoms with Gasteiger partial charge < -0.3 is 9.84 Å². The highest BCUT2D eigenvalue weighted by Crippen LogP contribution is 2.10. The third kappa shape index (κ3) is 11.4. The first kappa shape index (κ1) is 16.2.